The van der Waals surface area contributed by atoms with Crippen LogP contribution in [0.1, 0.15) is 18.1 Å². The Labute approximate surface area is 197 Å². The predicted octanol–water partition coefficient (Wildman–Crippen LogP) is 7.58. The number of hydrogen-bond donors (Lipinski definition) is 2. The number of aromatic nitrogens is 2. The van der Waals surface area contributed by atoms with Crippen LogP contribution in [0.5, 0.6) is 5.75 Å². The van der Waals surface area contributed by atoms with Gasteiger partial charge in [-0.2, -0.15) is 0 Å². The number of fused-ring (bicyclic) bond motifs is 2. The fourth-order valence-corrected chi connectivity index (χ4v) is 5.17. The number of rotatable bonds is 6. The summed E-state index contributed by atoms with van der Waals surface area (Å²) >= 11 is 3.26. The number of anilines is 2. The van der Waals surface area contributed by atoms with Gasteiger partial charge >= 0.3 is 0 Å². The number of nitrogens with one attached hydrogen (secondary N) is 1. The van der Waals surface area contributed by atoms with E-state index in [1.165, 1.54) is 12.1 Å². The summed E-state index contributed by atoms with van der Waals surface area (Å²) in [4.78, 5) is 5.82. The molecule has 0 amide bonds. The zero-order valence-corrected chi connectivity index (χ0v) is 19.6. The molecule has 2 aromatic heterocycles. The third-order valence-electron chi connectivity index (χ3n) is 5.57. The van der Waals surface area contributed by atoms with E-state index in [9.17, 15) is 13.9 Å². The maximum atomic E-state index is 14.0. The first-order valence-electron chi connectivity index (χ1n) is 10.3. The second-order valence-electron chi connectivity index (χ2n) is 7.91. The minimum absolute atomic E-state index is 0.0681. The summed E-state index contributed by atoms with van der Waals surface area (Å²) in [6, 6.07) is 17.9. The first kappa shape index (κ1) is 21.7. The first-order chi connectivity index (χ1) is 15.8. The van der Waals surface area contributed by atoms with E-state index in [4.69, 9.17) is 0 Å². The number of phenols is 1. The van der Waals surface area contributed by atoms with Crippen LogP contribution in [0, 0.1) is 0 Å². The Balaban J connectivity index is 1.61. The minimum atomic E-state index is -2.94. The van der Waals surface area contributed by atoms with Gasteiger partial charge < -0.3 is 15.0 Å². The summed E-state index contributed by atoms with van der Waals surface area (Å²) in [7, 11) is 0. The van der Waals surface area contributed by atoms with Crippen LogP contribution in [0.3, 0.4) is 0 Å². The fourth-order valence-electron chi connectivity index (χ4n) is 3.82. The van der Waals surface area contributed by atoms with Crippen LogP contribution in [0.4, 0.5) is 20.4 Å². The van der Waals surface area contributed by atoms with Gasteiger partial charge in [-0.15, -0.1) is 23.1 Å². The van der Waals surface area contributed by atoms with Crippen molar-refractivity contribution in [2.24, 2.45) is 0 Å². The van der Waals surface area contributed by atoms with Gasteiger partial charge in [-0.25, -0.2) is 13.8 Å². The highest BCUT2D eigenvalue weighted by molar-refractivity contribution is 7.98. The van der Waals surface area contributed by atoms with E-state index in [0.717, 1.165) is 38.7 Å². The van der Waals surface area contributed by atoms with Crippen molar-refractivity contribution in [2.75, 3.05) is 11.6 Å². The summed E-state index contributed by atoms with van der Waals surface area (Å²) in [6.07, 6.45) is 2.02. The van der Waals surface area contributed by atoms with Crippen LogP contribution < -0.4 is 5.32 Å². The molecule has 5 aromatic rings. The van der Waals surface area contributed by atoms with Crippen molar-refractivity contribution in [3.63, 3.8) is 0 Å². The van der Waals surface area contributed by atoms with Gasteiger partial charge in [0, 0.05) is 33.2 Å². The SMILES string of the molecule is CSc1ccc(Nc2nc3cc(C(C)(F)F)ccc3n2Cc2csc3ccc(O)cc23)cc1. The van der Waals surface area contributed by atoms with Gasteiger partial charge in [-0.3, -0.25) is 0 Å². The third kappa shape index (κ3) is 4.28. The molecule has 0 fully saturated rings. The van der Waals surface area contributed by atoms with Gasteiger partial charge in [-0.1, -0.05) is 6.07 Å². The molecule has 0 aliphatic rings. The molecule has 3 aromatic carbocycles. The van der Waals surface area contributed by atoms with Crippen LogP contribution in [-0.2, 0) is 12.5 Å². The summed E-state index contributed by atoms with van der Waals surface area (Å²) in [6.45, 7) is 1.37. The van der Waals surface area contributed by atoms with Crippen LogP contribution in [0.25, 0.3) is 21.1 Å². The van der Waals surface area contributed by atoms with Gasteiger partial charge in [0.2, 0.25) is 5.95 Å². The monoisotopic (exact) mass is 481 g/mol. The molecule has 4 nitrogen and oxygen atoms in total. The lowest BCUT2D eigenvalue weighted by atomic mass is 10.1. The largest absolute Gasteiger partial charge is 0.508 e. The van der Waals surface area contributed by atoms with Crippen molar-refractivity contribution in [3.8, 4) is 5.75 Å². The van der Waals surface area contributed by atoms with Crippen LogP contribution >= 0.6 is 23.1 Å². The Morgan fingerprint density at radius 3 is 2.61 bits per heavy atom. The Kier molecular flexibility index (Phi) is 5.50. The normalized spacial score (nSPS) is 12.0. The van der Waals surface area contributed by atoms with E-state index in [2.05, 4.69) is 15.7 Å². The van der Waals surface area contributed by atoms with Crippen LogP contribution in [0.2, 0.25) is 0 Å². The van der Waals surface area contributed by atoms with Crippen molar-refractivity contribution in [2.45, 2.75) is 24.3 Å². The topological polar surface area (TPSA) is 50.1 Å². The van der Waals surface area contributed by atoms with Gasteiger partial charge in [0.15, 0.2) is 0 Å². The van der Waals surface area contributed by atoms with Crippen molar-refractivity contribution in [3.05, 3.63) is 77.2 Å². The molecule has 0 aliphatic heterocycles. The Morgan fingerprint density at radius 2 is 1.88 bits per heavy atom. The van der Waals surface area contributed by atoms with Crippen molar-refractivity contribution in [1.29, 1.82) is 0 Å². The Morgan fingerprint density at radius 1 is 1.09 bits per heavy atom. The quantitative estimate of drug-likeness (QED) is 0.245. The molecule has 168 valence electrons. The molecule has 0 unspecified atom stereocenters. The molecule has 2 N–H and O–H groups in total. The number of phenolic OH excluding ortho intramolecular Hbond substituents is 1. The molecular formula is C25H21F2N3OS2. The van der Waals surface area contributed by atoms with Crippen molar-refractivity contribution < 1.29 is 13.9 Å². The number of nitrogens with zero attached hydrogens (tertiary/aromatic N) is 2. The standard InChI is InChI=1S/C25H21F2N3OS2/c1-25(26,27)16-3-9-22-21(11-16)29-24(28-17-4-7-19(32-2)8-5-17)30(22)13-15-14-33-23-10-6-18(31)12-20(15)23/h3-12,14,31H,13H2,1-2H3,(H,28,29). The number of hydrogen-bond acceptors (Lipinski definition) is 5. The number of benzene rings is 3. The van der Waals surface area contributed by atoms with Crippen LogP contribution in [0.15, 0.2) is 70.9 Å². The molecule has 33 heavy (non-hydrogen) atoms. The number of imidazole rings is 1. The van der Waals surface area contributed by atoms with Crippen molar-refractivity contribution >= 4 is 55.9 Å². The highest BCUT2D eigenvalue weighted by atomic mass is 32.2. The molecule has 8 heteroatoms. The second-order valence-corrected chi connectivity index (χ2v) is 9.70. The zero-order valence-electron chi connectivity index (χ0n) is 18.0. The van der Waals surface area contributed by atoms with Gasteiger partial charge in [-0.05, 0) is 71.8 Å². The van der Waals surface area contributed by atoms with E-state index in [-0.39, 0.29) is 11.3 Å². The second kappa shape index (κ2) is 8.35. The third-order valence-corrected chi connectivity index (χ3v) is 7.32. The lowest BCUT2D eigenvalue weighted by Crippen LogP contribution is -2.07. The van der Waals surface area contributed by atoms with E-state index in [0.29, 0.717) is 18.0 Å². The minimum Gasteiger partial charge on any atom is -0.508 e. The van der Waals surface area contributed by atoms with E-state index < -0.39 is 5.92 Å². The molecule has 0 spiro atoms. The fraction of sp³-hybridized carbons (Fsp3) is 0.160. The summed E-state index contributed by atoms with van der Waals surface area (Å²) in [5, 5.41) is 16.3. The lowest BCUT2D eigenvalue weighted by Gasteiger charge is -2.12. The van der Waals surface area contributed by atoms with Gasteiger partial charge in [0.25, 0.3) is 5.92 Å². The summed E-state index contributed by atoms with van der Waals surface area (Å²) < 4.78 is 31.0. The molecule has 0 saturated heterocycles. The smallest absolute Gasteiger partial charge is 0.270 e. The number of thioether (sulfide) groups is 1. The molecule has 0 bridgehead atoms. The van der Waals surface area contributed by atoms with Crippen LogP contribution in [-0.4, -0.2) is 20.9 Å². The average molecular weight is 482 g/mol. The number of thiophene rings is 1. The number of aromatic hydroxyl groups is 1. The molecule has 5 rings (SSSR count). The summed E-state index contributed by atoms with van der Waals surface area (Å²) in [5.41, 5.74) is 3.07. The Hall–Kier alpha value is -3.10. The lowest BCUT2D eigenvalue weighted by molar-refractivity contribution is 0.0176. The molecular weight excluding hydrogens is 460 g/mol. The maximum Gasteiger partial charge on any atom is 0.270 e. The molecule has 0 saturated carbocycles. The van der Waals surface area contributed by atoms with E-state index >= 15 is 0 Å². The predicted molar refractivity (Wildman–Crippen MR) is 133 cm³/mol. The van der Waals surface area contributed by atoms with Gasteiger partial charge in [0.05, 0.1) is 17.6 Å². The van der Waals surface area contributed by atoms with Gasteiger partial charge in [0.1, 0.15) is 5.75 Å². The molecule has 0 radical (unpaired) electrons. The Bertz CT molecular complexity index is 1450. The van der Waals surface area contributed by atoms with Crippen molar-refractivity contribution in [1.82, 2.24) is 9.55 Å². The van der Waals surface area contributed by atoms with E-state index in [1.54, 1.807) is 41.3 Å². The molecule has 0 aliphatic carbocycles. The number of alkyl halides is 2. The first-order valence-corrected chi connectivity index (χ1v) is 12.4. The zero-order chi connectivity index (χ0) is 23.2. The van der Waals surface area contributed by atoms with E-state index in [1.807, 2.05) is 41.2 Å². The number of halogens is 2. The highest BCUT2D eigenvalue weighted by Gasteiger charge is 2.25. The average Bonchev–Trinajstić information content (AvgIpc) is 3.34. The maximum absolute atomic E-state index is 14.0. The highest BCUT2D eigenvalue weighted by Crippen LogP contribution is 2.34. The summed E-state index contributed by atoms with van der Waals surface area (Å²) in [5.74, 6) is -2.17. The molecule has 2 heterocycles. The molecule has 0 atom stereocenters.